The summed E-state index contributed by atoms with van der Waals surface area (Å²) in [7, 11) is -4.05. The molecule has 30 heavy (non-hydrogen) atoms. The van der Waals surface area contributed by atoms with Crippen molar-refractivity contribution in [1.82, 2.24) is 4.98 Å². The smallest absolute Gasteiger partial charge is 0.212 e. The largest absolute Gasteiger partial charge is 0.353 e. The number of aromatic amines is 1. The Morgan fingerprint density at radius 1 is 0.767 bits per heavy atom. The van der Waals surface area contributed by atoms with E-state index in [0.29, 0.717) is 22.2 Å². The van der Waals surface area contributed by atoms with Crippen LogP contribution in [0, 0.1) is 0 Å². The van der Waals surface area contributed by atoms with Crippen LogP contribution in [0.4, 0.5) is 0 Å². The van der Waals surface area contributed by atoms with Gasteiger partial charge in [-0.25, -0.2) is 8.42 Å². The van der Waals surface area contributed by atoms with Crippen molar-refractivity contribution >= 4 is 20.7 Å². The van der Waals surface area contributed by atoms with Gasteiger partial charge in [0.1, 0.15) is 4.90 Å². The van der Waals surface area contributed by atoms with Crippen LogP contribution in [0.2, 0.25) is 0 Å². The quantitative estimate of drug-likeness (QED) is 0.490. The van der Waals surface area contributed by atoms with Crippen molar-refractivity contribution in [2.24, 2.45) is 0 Å². The first kappa shape index (κ1) is 20.1. The highest BCUT2D eigenvalue weighted by Gasteiger charge is 2.28. The Bertz CT molecular complexity index is 1380. The maximum Gasteiger partial charge on any atom is 0.212 e. The van der Waals surface area contributed by atoms with Crippen LogP contribution in [0.3, 0.4) is 0 Å². The van der Waals surface area contributed by atoms with Crippen LogP contribution in [-0.4, -0.2) is 13.4 Å². The van der Waals surface area contributed by atoms with E-state index in [1.807, 2.05) is 36.4 Å². The lowest BCUT2D eigenvalue weighted by Gasteiger charge is -2.19. The second-order valence-corrected chi connectivity index (χ2v) is 10.2. The Kier molecular flexibility index (Phi) is 4.86. The normalized spacial score (nSPS) is 12.2. The van der Waals surface area contributed by atoms with Crippen LogP contribution in [0.1, 0.15) is 26.3 Å². The Balaban J connectivity index is 2.01. The molecule has 0 spiro atoms. The summed E-state index contributed by atoms with van der Waals surface area (Å²) in [4.78, 5) is 16.4. The molecule has 0 bridgehead atoms. The van der Waals surface area contributed by atoms with Gasteiger partial charge in [-0.3, -0.25) is 4.79 Å². The second-order valence-electron chi connectivity index (χ2n) is 8.35. The minimum Gasteiger partial charge on any atom is -0.353 e. The molecule has 0 unspecified atom stereocenters. The number of hydrogen-bond acceptors (Lipinski definition) is 3. The first-order valence-electron chi connectivity index (χ1n) is 9.76. The van der Waals surface area contributed by atoms with Crippen LogP contribution < -0.4 is 5.43 Å². The monoisotopic (exact) mass is 417 g/mol. The van der Waals surface area contributed by atoms with Crippen molar-refractivity contribution in [2.45, 2.75) is 36.0 Å². The fourth-order valence-electron chi connectivity index (χ4n) is 3.53. The molecule has 4 aromatic rings. The second kappa shape index (κ2) is 7.26. The first-order chi connectivity index (χ1) is 14.2. The maximum absolute atomic E-state index is 13.6. The van der Waals surface area contributed by atoms with Gasteiger partial charge in [-0.1, -0.05) is 75.4 Å². The molecular weight excluding hydrogens is 394 g/mol. The summed E-state index contributed by atoms with van der Waals surface area (Å²) in [6, 6.07) is 22.8. The molecule has 0 saturated carbocycles. The predicted molar refractivity (Wildman–Crippen MR) is 121 cm³/mol. The van der Waals surface area contributed by atoms with Gasteiger partial charge in [-0.2, -0.15) is 0 Å². The number of hydrogen-bond donors (Lipinski definition) is 1. The summed E-state index contributed by atoms with van der Waals surface area (Å²) in [6.45, 7) is 6.20. The number of benzene rings is 3. The van der Waals surface area contributed by atoms with E-state index in [9.17, 15) is 13.2 Å². The molecule has 0 radical (unpaired) electrons. The van der Waals surface area contributed by atoms with E-state index in [1.54, 1.807) is 42.5 Å². The molecule has 5 heteroatoms. The molecule has 0 saturated heterocycles. The zero-order valence-corrected chi connectivity index (χ0v) is 18.0. The van der Waals surface area contributed by atoms with Crippen molar-refractivity contribution < 1.29 is 8.42 Å². The summed E-state index contributed by atoms with van der Waals surface area (Å²) in [6.07, 6.45) is 0. The predicted octanol–water partition coefficient (Wildman–Crippen LogP) is 5.33. The zero-order chi connectivity index (χ0) is 21.5. The highest BCUT2D eigenvalue weighted by atomic mass is 32.2. The van der Waals surface area contributed by atoms with E-state index in [-0.39, 0.29) is 15.2 Å². The number of H-pyrrole nitrogens is 1. The number of sulfone groups is 1. The van der Waals surface area contributed by atoms with E-state index < -0.39 is 15.3 Å². The molecule has 4 rings (SSSR count). The number of nitrogens with one attached hydrogen (secondary N) is 1. The minimum atomic E-state index is -4.05. The van der Waals surface area contributed by atoms with Crippen molar-refractivity contribution in [2.75, 3.05) is 0 Å². The van der Waals surface area contributed by atoms with E-state index in [4.69, 9.17) is 0 Å². The molecule has 0 fully saturated rings. The molecule has 3 aromatic carbocycles. The summed E-state index contributed by atoms with van der Waals surface area (Å²) >= 11 is 0. The van der Waals surface area contributed by atoms with Crippen LogP contribution in [0.5, 0.6) is 0 Å². The van der Waals surface area contributed by atoms with Crippen LogP contribution >= 0.6 is 0 Å². The molecule has 1 aromatic heterocycles. The van der Waals surface area contributed by atoms with Gasteiger partial charge in [0.25, 0.3) is 0 Å². The topological polar surface area (TPSA) is 67.0 Å². The van der Waals surface area contributed by atoms with Gasteiger partial charge in [-0.05, 0) is 40.8 Å². The average molecular weight is 418 g/mol. The van der Waals surface area contributed by atoms with Gasteiger partial charge >= 0.3 is 0 Å². The Labute approximate surface area is 176 Å². The van der Waals surface area contributed by atoms with Crippen molar-refractivity contribution in [3.05, 3.63) is 94.6 Å². The average Bonchev–Trinajstić information content (AvgIpc) is 2.73. The number of pyridine rings is 1. The summed E-state index contributed by atoms with van der Waals surface area (Å²) in [5.74, 6) is 0. The fourth-order valence-corrected chi connectivity index (χ4v) is 5.06. The third kappa shape index (κ3) is 3.46. The molecule has 4 nitrogen and oxygen atoms in total. The van der Waals surface area contributed by atoms with E-state index in [0.717, 1.165) is 5.56 Å². The number of aromatic nitrogens is 1. The molecular formula is C25H23NO3S. The number of para-hydroxylation sites is 1. The third-order valence-electron chi connectivity index (χ3n) is 5.23. The summed E-state index contributed by atoms with van der Waals surface area (Å²) in [5, 5.41) is 0.349. The Hall–Kier alpha value is -3.18. The fraction of sp³-hybridized carbons (Fsp3) is 0.160. The molecule has 0 aliphatic rings. The number of fused-ring (bicyclic) bond motifs is 1. The lowest BCUT2D eigenvalue weighted by Crippen LogP contribution is -2.19. The van der Waals surface area contributed by atoms with E-state index in [2.05, 4.69) is 25.8 Å². The Morgan fingerprint density at radius 3 is 2.00 bits per heavy atom. The third-order valence-corrected chi connectivity index (χ3v) is 7.05. The maximum atomic E-state index is 13.6. The molecule has 152 valence electrons. The van der Waals surface area contributed by atoms with E-state index >= 15 is 0 Å². The van der Waals surface area contributed by atoms with Crippen LogP contribution in [0.25, 0.3) is 22.2 Å². The molecule has 1 heterocycles. The standard InChI is InChI=1S/C25H23NO3S/c1-25(2,3)18-13-15-19(16-14-18)30(28,29)24-22(17-9-5-4-6-10-17)26-21-12-8-7-11-20(21)23(24)27/h4-16H,1-3H3,(H,26,27). The van der Waals surface area contributed by atoms with Gasteiger partial charge in [0.2, 0.25) is 15.3 Å². The van der Waals surface area contributed by atoms with Gasteiger partial charge in [0.05, 0.1) is 10.6 Å². The molecule has 0 aliphatic carbocycles. The van der Waals surface area contributed by atoms with Gasteiger partial charge in [0, 0.05) is 10.9 Å². The van der Waals surface area contributed by atoms with Gasteiger partial charge in [0.15, 0.2) is 0 Å². The molecule has 0 aliphatic heterocycles. The number of rotatable bonds is 3. The van der Waals surface area contributed by atoms with Crippen LogP contribution in [0.15, 0.2) is 93.4 Å². The van der Waals surface area contributed by atoms with Gasteiger partial charge in [-0.15, -0.1) is 0 Å². The lowest BCUT2D eigenvalue weighted by atomic mass is 9.87. The molecule has 0 atom stereocenters. The lowest BCUT2D eigenvalue weighted by molar-refractivity contribution is 0.586. The zero-order valence-electron chi connectivity index (χ0n) is 17.1. The highest BCUT2D eigenvalue weighted by Crippen LogP contribution is 2.31. The summed E-state index contributed by atoms with van der Waals surface area (Å²) < 4.78 is 27.3. The van der Waals surface area contributed by atoms with Crippen LogP contribution in [-0.2, 0) is 15.3 Å². The minimum absolute atomic E-state index is 0.0993. The molecule has 0 amide bonds. The SMILES string of the molecule is CC(C)(C)c1ccc(S(=O)(=O)c2c(-c3ccccc3)[nH]c3ccccc3c2=O)cc1. The van der Waals surface area contributed by atoms with Crippen molar-refractivity contribution in [3.8, 4) is 11.3 Å². The first-order valence-corrected chi connectivity index (χ1v) is 11.2. The van der Waals surface area contributed by atoms with E-state index in [1.165, 1.54) is 0 Å². The molecule has 1 N–H and O–H groups in total. The van der Waals surface area contributed by atoms with Crippen molar-refractivity contribution in [3.63, 3.8) is 0 Å². The highest BCUT2D eigenvalue weighted by molar-refractivity contribution is 7.91. The van der Waals surface area contributed by atoms with Gasteiger partial charge < -0.3 is 4.98 Å². The Morgan fingerprint density at radius 2 is 1.37 bits per heavy atom. The summed E-state index contributed by atoms with van der Waals surface area (Å²) in [5.41, 5.74) is 1.98. The van der Waals surface area contributed by atoms with Crippen molar-refractivity contribution in [1.29, 1.82) is 0 Å².